The maximum absolute atomic E-state index is 13.6. The zero-order valence-electron chi connectivity index (χ0n) is 14.2. The lowest BCUT2D eigenvalue weighted by Gasteiger charge is -2.25. The number of benzene rings is 1. The summed E-state index contributed by atoms with van der Waals surface area (Å²) in [5, 5.41) is 6.45. The van der Waals surface area contributed by atoms with E-state index < -0.39 is 0 Å². The first kappa shape index (κ1) is 21.1. The Morgan fingerprint density at radius 2 is 2.05 bits per heavy atom. The molecule has 1 atom stereocenters. The molecule has 2 N–H and O–H groups in total. The summed E-state index contributed by atoms with van der Waals surface area (Å²) in [6.45, 7) is 8.33. The molecule has 0 aliphatic rings. The van der Waals surface area contributed by atoms with E-state index in [4.69, 9.17) is 4.74 Å². The van der Waals surface area contributed by atoms with Gasteiger partial charge >= 0.3 is 0 Å². The molecule has 1 aromatic carbocycles. The predicted molar refractivity (Wildman–Crippen MR) is 101 cm³/mol. The summed E-state index contributed by atoms with van der Waals surface area (Å²) in [4.78, 5) is 4.18. The molecule has 0 spiro atoms. The van der Waals surface area contributed by atoms with Gasteiger partial charge in [0.25, 0.3) is 0 Å². The van der Waals surface area contributed by atoms with Gasteiger partial charge in [-0.1, -0.05) is 12.1 Å². The molecule has 0 amide bonds. The Balaban J connectivity index is 0.00000441. The van der Waals surface area contributed by atoms with E-state index in [1.807, 2.05) is 26.8 Å². The summed E-state index contributed by atoms with van der Waals surface area (Å²) < 4.78 is 19.0. The Kier molecular flexibility index (Phi) is 8.92. The highest BCUT2D eigenvalue weighted by molar-refractivity contribution is 14.0. The van der Waals surface area contributed by atoms with Gasteiger partial charge < -0.3 is 15.4 Å². The average molecular weight is 423 g/mol. The molecular weight excluding hydrogens is 396 g/mol. The largest absolute Gasteiger partial charge is 0.377 e. The predicted octanol–water partition coefficient (Wildman–Crippen LogP) is 3.40. The van der Waals surface area contributed by atoms with Crippen molar-refractivity contribution in [3.63, 3.8) is 0 Å². The van der Waals surface area contributed by atoms with Gasteiger partial charge in [-0.3, -0.25) is 4.99 Å². The number of aliphatic imine (C=N–C) groups is 1. The second kappa shape index (κ2) is 9.29. The second-order valence-corrected chi connectivity index (χ2v) is 5.76. The monoisotopic (exact) mass is 423 g/mol. The fourth-order valence-electron chi connectivity index (χ4n) is 1.73. The standard InChI is InChI=1S/C16H26FN3O.HI/c1-11-7-8-13(9-14(11)17)12(2)20-15(18-5)19-10-16(3,4)21-6;/h7-9,12H,10H2,1-6H3,(H2,18,19,20);1H. The van der Waals surface area contributed by atoms with Crippen LogP contribution in [0.2, 0.25) is 0 Å². The van der Waals surface area contributed by atoms with Crippen LogP contribution in [-0.4, -0.2) is 32.3 Å². The summed E-state index contributed by atoms with van der Waals surface area (Å²) in [7, 11) is 3.38. The third-order valence-corrected chi connectivity index (χ3v) is 3.51. The number of rotatable bonds is 5. The number of aryl methyl sites for hydroxylation is 1. The minimum absolute atomic E-state index is 0. The van der Waals surface area contributed by atoms with Crippen molar-refractivity contribution in [3.8, 4) is 0 Å². The Hall–Kier alpha value is -0.890. The molecule has 0 saturated carbocycles. The molecule has 0 fully saturated rings. The fourth-order valence-corrected chi connectivity index (χ4v) is 1.73. The fraction of sp³-hybridized carbons (Fsp3) is 0.562. The molecular formula is C16H27FIN3O. The minimum Gasteiger partial charge on any atom is -0.377 e. The van der Waals surface area contributed by atoms with E-state index in [-0.39, 0.29) is 41.4 Å². The minimum atomic E-state index is -0.281. The number of nitrogens with zero attached hydrogens (tertiary/aromatic N) is 1. The van der Waals surface area contributed by atoms with Crippen LogP contribution in [0.4, 0.5) is 4.39 Å². The van der Waals surface area contributed by atoms with Crippen molar-refractivity contribution in [3.05, 3.63) is 35.1 Å². The van der Waals surface area contributed by atoms with Gasteiger partial charge in [-0.05, 0) is 44.9 Å². The van der Waals surface area contributed by atoms with E-state index in [2.05, 4.69) is 15.6 Å². The van der Waals surface area contributed by atoms with Crippen molar-refractivity contribution in [2.45, 2.75) is 39.3 Å². The number of nitrogens with one attached hydrogen (secondary N) is 2. The first-order valence-corrected chi connectivity index (χ1v) is 7.07. The first-order valence-electron chi connectivity index (χ1n) is 7.07. The van der Waals surface area contributed by atoms with Gasteiger partial charge in [-0.2, -0.15) is 0 Å². The van der Waals surface area contributed by atoms with Crippen LogP contribution < -0.4 is 10.6 Å². The van der Waals surface area contributed by atoms with Crippen LogP contribution in [0, 0.1) is 12.7 Å². The van der Waals surface area contributed by atoms with Gasteiger partial charge in [0, 0.05) is 20.7 Å². The average Bonchev–Trinajstić information content (AvgIpc) is 2.46. The van der Waals surface area contributed by atoms with Crippen molar-refractivity contribution in [1.29, 1.82) is 0 Å². The van der Waals surface area contributed by atoms with E-state index in [1.54, 1.807) is 33.2 Å². The van der Waals surface area contributed by atoms with Gasteiger partial charge in [0.05, 0.1) is 11.6 Å². The van der Waals surface area contributed by atoms with Crippen LogP contribution in [0.1, 0.15) is 37.9 Å². The summed E-state index contributed by atoms with van der Waals surface area (Å²) in [5.41, 5.74) is 1.25. The summed E-state index contributed by atoms with van der Waals surface area (Å²) in [6.07, 6.45) is 0. The molecule has 22 heavy (non-hydrogen) atoms. The van der Waals surface area contributed by atoms with Crippen LogP contribution in [0.15, 0.2) is 23.2 Å². The molecule has 0 aromatic heterocycles. The van der Waals surface area contributed by atoms with Gasteiger partial charge in [0.15, 0.2) is 5.96 Å². The lowest BCUT2D eigenvalue weighted by atomic mass is 10.1. The molecule has 4 nitrogen and oxygen atoms in total. The van der Waals surface area contributed by atoms with Crippen LogP contribution >= 0.6 is 24.0 Å². The molecule has 0 heterocycles. The van der Waals surface area contributed by atoms with Crippen LogP contribution in [0.3, 0.4) is 0 Å². The highest BCUT2D eigenvalue weighted by Crippen LogP contribution is 2.16. The first-order chi connectivity index (χ1) is 9.79. The lowest BCUT2D eigenvalue weighted by molar-refractivity contribution is 0.0268. The summed E-state index contributed by atoms with van der Waals surface area (Å²) >= 11 is 0. The Labute approximate surface area is 149 Å². The number of methoxy groups -OCH3 is 1. The molecule has 0 aliphatic carbocycles. The molecule has 1 aromatic rings. The van der Waals surface area contributed by atoms with Crippen LogP contribution in [0.5, 0.6) is 0 Å². The highest BCUT2D eigenvalue weighted by atomic mass is 127. The number of halogens is 2. The van der Waals surface area contributed by atoms with Crippen molar-refractivity contribution in [2.75, 3.05) is 20.7 Å². The van der Waals surface area contributed by atoms with Gasteiger partial charge in [0.2, 0.25) is 0 Å². The number of guanidine groups is 1. The topological polar surface area (TPSA) is 45.7 Å². The Morgan fingerprint density at radius 1 is 1.41 bits per heavy atom. The SMILES string of the molecule is CN=C(NCC(C)(C)OC)NC(C)c1ccc(C)c(F)c1.I. The van der Waals surface area contributed by atoms with Gasteiger partial charge in [0.1, 0.15) is 5.82 Å². The van der Waals surface area contributed by atoms with E-state index in [0.29, 0.717) is 18.1 Å². The maximum Gasteiger partial charge on any atom is 0.191 e. The molecule has 0 radical (unpaired) electrons. The number of hydrogen-bond acceptors (Lipinski definition) is 2. The zero-order valence-corrected chi connectivity index (χ0v) is 16.5. The van der Waals surface area contributed by atoms with Gasteiger partial charge in [-0.25, -0.2) is 4.39 Å². The van der Waals surface area contributed by atoms with Crippen molar-refractivity contribution in [1.82, 2.24) is 10.6 Å². The Morgan fingerprint density at radius 3 is 2.55 bits per heavy atom. The molecule has 0 saturated heterocycles. The smallest absolute Gasteiger partial charge is 0.191 e. The molecule has 6 heteroatoms. The van der Waals surface area contributed by atoms with Crippen LogP contribution in [-0.2, 0) is 4.74 Å². The Bertz CT molecular complexity index is 506. The maximum atomic E-state index is 13.6. The molecule has 0 bridgehead atoms. The van der Waals surface area contributed by atoms with E-state index >= 15 is 0 Å². The third-order valence-electron chi connectivity index (χ3n) is 3.51. The lowest BCUT2D eigenvalue weighted by Crippen LogP contribution is -2.45. The quantitative estimate of drug-likeness (QED) is 0.434. The third kappa shape index (κ3) is 6.48. The second-order valence-electron chi connectivity index (χ2n) is 5.76. The normalized spacial score (nSPS) is 13.3. The summed E-state index contributed by atoms with van der Waals surface area (Å²) in [5.74, 6) is 0.471. The molecule has 126 valence electrons. The van der Waals surface area contributed by atoms with E-state index in [0.717, 1.165) is 5.56 Å². The van der Waals surface area contributed by atoms with E-state index in [1.165, 1.54) is 0 Å². The molecule has 1 rings (SSSR count). The van der Waals surface area contributed by atoms with Gasteiger partial charge in [-0.15, -0.1) is 24.0 Å². The summed E-state index contributed by atoms with van der Waals surface area (Å²) in [6, 6.07) is 5.21. The van der Waals surface area contributed by atoms with Crippen molar-refractivity contribution < 1.29 is 9.13 Å². The van der Waals surface area contributed by atoms with Crippen molar-refractivity contribution >= 4 is 29.9 Å². The molecule has 0 aliphatic heterocycles. The highest BCUT2D eigenvalue weighted by Gasteiger charge is 2.17. The number of ether oxygens (including phenoxy) is 1. The van der Waals surface area contributed by atoms with Crippen LogP contribution in [0.25, 0.3) is 0 Å². The van der Waals surface area contributed by atoms with E-state index in [9.17, 15) is 4.39 Å². The number of hydrogen-bond donors (Lipinski definition) is 2. The van der Waals surface area contributed by atoms with Crippen molar-refractivity contribution in [2.24, 2.45) is 4.99 Å². The zero-order chi connectivity index (χ0) is 16.0. The molecule has 1 unspecified atom stereocenters.